The van der Waals surface area contributed by atoms with Crippen LogP contribution in [0.25, 0.3) is 0 Å². The van der Waals surface area contributed by atoms with Gasteiger partial charge in [0.25, 0.3) is 5.91 Å². The second-order valence-corrected chi connectivity index (χ2v) is 11.3. The van der Waals surface area contributed by atoms with E-state index >= 15 is 0 Å². The smallest absolute Gasteiger partial charge is 0.370 e. The van der Waals surface area contributed by atoms with Crippen LogP contribution >= 0.6 is 0 Å². The minimum atomic E-state index is -5.16. The summed E-state index contributed by atoms with van der Waals surface area (Å²) in [4.78, 5) is 42.6. The fraction of sp³-hybridized carbons (Fsp3) is 0.344. The minimum Gasteiger partial charge on any atom is -0.370 e. The van der Waals surface area contributed by atoms with Crippen molar-refractivity contribution in [2.75, 3.05) is 19.6 Å². The molecule has 2 aliphatic heterocycles. The van der Waals surface area contributed by atoms with Crippen molar-refractivity contribution in [3.05, 3.63) is 106 Å². The van der Waals surface area contributed by atoms with Gasteiger partial charge in [0.2, 0.25) is 11.8 Å². The number of likely N-dealkylation sites (tertiary alicyclic amines) is 1. The van der Waals surface area contributed by atoms with Gasteiger partial charge in [-0.15, -0.1) is 0 Å². The number of carbonyl (C=O) groups is 3. The summed E-state index contributed by atoms with van der Waals surface area (Å²) in [6, 6.07) is 14.7. The number of nitrogens with two attached hydrogens (primary N) is 1. The number of hydrogen-bond donors (Lipinski definition) is 2. The molecule has 1 fully saturated rings. The van der Waals surface area contributed by atoms with Gasteiger partial charge in [-0.1, -0.05) is 48.5 Å². The van der Waals surface area contributed by atoms with E-state index in [1.165, 1.54) is 24.3 Å². The molecule has 2 heterocycles. The van der Waals surface area contributed by atoms with Gasteiger partial charge in [0, 0.05) is 44.2 Å². The van der Waals surface area contributed by atoms with Crippen molar-refractivity contribution in [3.63, 3.8) is 0 Å². The lowest BCUT2D eigenvalue weighted by atomic mass is 9.78. The van der Waals surface area contributed by atoms with Gasteiger partial charge >= 0.3 is 12.4 Å². The highest BCUT2D eigenvalue weighted by Gasteiger charge is 2.46. The topological polar surface area (TPSA) is 95.7 Å². The highest BCUT2D eigenvalue weighted by atomic mass is 19.4. The van der Waals surface area contributed by atoms with Crippen molar-refractivity contribution in [3.8, 4) is 0 Å². The summed E-state index contributed by atoms with van der Waals surface area (Å²) in [6.07, 6.45) is -10.2. The molecule has 0 aliphatic carbocycles. The summed E-state index contributed by atoms with van der Waals surface area (Å²) in [5.41, 5.74) is 2.88. The number of primary amides is 1. The number of benzene rings is 3. The highest BCUT2D eigenvalue weighted by molar-refractivity contribution is 6.01. The van der Waals surface area contributed by atoms with E-state index in [9.17, 15) is 40.7 Å². The van der Waals surface area contributed by atoms with E-state index in [1.54, 1.807) is 0 Å². The Labute approximate surface area is 255 Å². The van der Waals surface area contributed by atoms with Gasteiger partial charge in [-0.25, -0.2) is 0 Å². The zero-order valence-electron chi connectivity index (χ0n) is 23.9. The summed E-state index contributed by atoms with van der Waals surface area (Å²) < 4.78 is 83.4. The van der Waals surface area contributed by atoms with Gasteiger partial charge in [-0.3, -0.25) is 19.3 Å². The summed E-state index contributed by atoms with van der Waals surface area (Å²) in [6.45, 7) is 1.31. The highest BCUT2D eigenvalue weighted by Crippen LogP contribution is 2.46. The van der Waals surface area contributed by atoms with E-state index in [1.807, 2.05) is 30.3 Å². The molecular formula is C32H30F6N4O3. The molecule has 0 saturated carbocycles. The Hall–Kier alpha value is -4.39. The first-order valence-electron chi connectivity index (χ1n) is 14.3. The molecule has 13 heteroatoms. The van der Waals surface area contributed by atoms with Crippen LogP contribution in [0.1, 0.15) is 63.0 Å². The lowest BCUT2D eigenvalue weighted by Crippen LogP contribution is -2.50. The normalized spacial score (nSPS) is 20.6. The molecule has 3 amide bonds. The average Bonchev–Trinajstić information content (AvgIpc) is 3.42. The largest absolute Gasteiger partial charge is 0.416 e. The van der Waals surface area contributed by atoms with Gasteiger partial charge in [-0.2, -0.15) is 26.3 Å². The third-order valence-corrected chi connectivity index (χ3v) is 8.14. The lowest BCUT2D eigenvalue weighted by molar-refractivity contribution is -0.143. The molecule has 2 aliphatic rings. The van der Waals surface area contributed by atoms with Crippen LogP contribution in [0.2, 0.25) is 0 Å². The molecule has 45 heavy (non-hydrogen) atoms. The lowest BCUT2D eigenvalue weighted by Gasteiger charge is -2.42. The minimum absolute atomic E-state index is 0.00916. The molecular weight excluding hydrogens is 602 g/mol. The molecule has 0 aromatic heterocycles. The molecule has 7 nitrogen and oxygen atoms in total. The number of amides is 3. The van der Waals surface area contributed by atoms with E-state index in [0.717, 1.165) is 10.5 Å². The van der Waals surface area contributed by atoms with Crippen LogP contribution in [-0.4, -0.2) is 53.2 Å². The van der Waals surface area contributed by atoms with Crippen molar-refractivity contribution in [1.29, 1.82) is 0 Å². The summed E-state index contributed by atoms with van der Waals surface area (Å²) in [5, 5.41) is 2.94. The van der Waals surface area contributed by atoms with Crippen LogP contribution < -0.4 is 11.1 Å². The van der Waals surface area contributed by atoms with Crippen LogP contribution in [0.4, 0.5) is 26.3 Å². The monoisotopic (exact) mass is 632 g/mol. The molecule has 0 radical (unpaired) electrons. The average molecular weight is 633 g/mol. The Balaban J connectivity index is 1.56. The first-order valence-corrected chi connectivity index (χ1v) is 14.3. The summed E-state index contributed by atoms with van der Waals surface area (Å²) in [5.74, 6) is -3.64. The Morgan fingerprint density at radius 3 is 2.13 bits per heavy atom. The molecule has 0 spiro atoms. The molecule has 238 valence electrons. The van der Waals surface area contributed by atoms with Crippen molar-refractivity contribution in [2.24, 2.45) is 5.73 Å². The van der Waals surface area contributed by atoms with Gasteiger partial charge < -0.3 is 16.0 Å². The number of rotatable bonds is 8. The number of nitrogens with one attached hydrogen (secondary N) is 1. The van der Waals surface area contributed by atoms with E-state index in [2.05, 4.69) is 10.2 Å². The Bertz CT molecular complexity index is 1540. The van der Waals surface area contributed by atoms with Crippen molar-refractivity contribution < 1.29 is 40.7 Å². The molecule has 1 saturated heterocycles. The Kier molecular flexibility index (Phi) is 8.92. The second-order valence-electron chi connectivity index (χ2n) is 11.3. The maximum Gasteiger partial charge on any atom is 0.416 e. The molecule has 3 aromatic rings. The van der Waals surface area contributed by atoms with E-state index in [4.69, 9.17) is 5.73 Å². The number of nitrogens with zero attached hydrogens (tertiary/aromatic N) is 2. The number of fused-ring (bicyclic) bond motifs is 1. The van der Waals surface area contributed by atoms with Gasteiger partial charge in [0.05, 0.1) is 23.1 Å². The van der Waals surface area contributed by atoms with Crippen LogP contribution in [-0.2, 0) is 28.5 Å². The SMILES string of the molecule is NC(=O)CCN1C(=O)c2ccccc2C(C(=O)NC2CCN(Cc3ccccc3)C2)C1c1cc(C(F)(F)F)cc(C(F)(F)F)c1. The van der Waals surface area contributed by atoms with Gasteiger partial charge in [0.15, 0.2) is 0 Å². The molecule has 3 aromatic carbocycles. The molecule has 5 rings (SSSR count). The second kappa shape index (κ2) is 12.5. The maximum atomic E-state index is 14.1. The van der Waals surface area contributed by atoms with Gasteiger partial charge in [0.1, 0.15) is 0 Å². The summed E-state index contributed by atoms with van der Waals surface area (Å²) >= 11 is 0. The van der Waals surface area contributed by atoms with Crippen molar-refractivity contribution in [1.82, 2.24) is 15.1 Å². The number of halogens is 6. The fourth-order valence-electron chi connectivity index (χ4n) is 6.10. The molecule has 3 N–H and O–H groups in total. The first-order chi connectivity index (χ1) is 21.2. The third kappa shape index (κ3) is 7.14. The van der Waals surface area contributed by atoms with E-state index < -0.39 is 71.7 Å². The van der Waals surface area contributed by atoms with Crippen LogP contribution in [0.5, 0.6) is 0 Å². The van der Waals surface area contributed by atoms with E-state index in [-0.39, 0.29) is 23.2 Å². The van der Waals surface area contributed by atoms with Crippen molar-refractivity contribution >= 4 is 17.7 Å². The third-order valence-electron chi connectivity index (χ3n) is 8.14. The predicted molar refractivity (Wildman–Crippen MR) is 151 cm³/mol. The van der Waals surface area contributed by atoms with Crippen LogP contribution in [0.3, 0.4) is 0 Å². The molecule has 3 unspecified atom stereocenters. The number of alkyl halides is 6. The predicted octanol–water partition coefficient (Wildman–Crippen LogP) is 5.27. The zero-order chi connectivity index (χ0) is 32.5. The Morgan fingerprint density at radius 2 is 1.51 bits per heavy atom. The maximum absolute atomic E-state index is 14.1. The quantitative estimate of drug-likeness (QED) is 0.331. The Morgan fingerprint density at radius 1 is 0.889 bits per heavy atom. The standard InChI is InChI=1S/C32H30F6N4O3/c33-31(34,35)21-14-20(15-22(16-21)32(36,37)38)28-27(24-8-4-5-9-25(24)30(45)42(28)13-11-26(39)43)29(44)40-23-10-12-41(18-23)17-19-6-2-1-3-7-19/h1-9,14-16,23,27-28H,10-13,17-18H2,(H2,39,43)(H,40,44). The summed E-state index contributed by atoms with van der Waals surface area (Å²) in [7, 11) is 0. The van der Waals surface area contributed by atoms with Crippen LogP contribution in [0, 0.1) is 0 Å². The van der Waals surface area contributed by atoms with E-state index in [0.29, 0.717) is 38.2 Å². The van der Waals surface area contributed by atoms with Crippen LogP contribution in [0.15, 0.2) is 72.8 Å². The van der Waals surface area contributed by atoms with Crippen molar-refractivity contribution in [2.45, 2.75) is 49.7 Å². The van der Waals surface area contributed by atoms with Gasteiger partial charge in [-0.05, 0) is 47.4 Å². The fourth-order valence-corrected chi connectivity index (χ4v) is 6.10. The number of hydrogen-bond acceptors (Lipinski definition) is 4. The number of carbonyl (C=O) groups excluding carboxylic acids is 3. The first kappa shape index (κ1) is 32.0. The molecule has 3 atom stereocenters. The molecule has 0 bridgehead atoms. The zero-order valence-corrected chi connectivity index (χ0v) is 23.9.